The van der Waals surface area contributed by atoms with Crippen LogP contribution in [-0.4, -0.2) is 73.9 Å². The third-order valence-electron chi connectivity index (χ3n) is 6.95. The van der Waals surface area contributed by atoms with Gasteiger partial charge in [0.1, 0.15) is 11.6 Å². The first-order valence-electron chi connectivity index (χ1n) is 13.0. The maximum atomic E-state index is 10.2. The number of H-pyrrole nitrogens is 1. The Balaban J connectivity index is 0.000000568. The zero-order chi connectivity index (χ0) is 26.8. The summed E-state index contributed by atoms with van der Waals surface area (Å²) in [7, 11) is 1.56. The van der Waals surface area contributed by atoms with E-state index in [1.54, 1.807) is 19.2 Å². The molecule has 1 aromatic carbocycles. The number of nitrogens with one attached hydrogen (secondary N) is 3. The fourth-order valence-electron chi connectivity index (χ4n) is 4.99. The number of phenols is 1. The second-order valence-electron chi connectivity index (χ2n) is 9.55. The Morgan fingerprint density at radius 1 is 1.30 bits per heavy atom. The molecular weight excluding hydrogens is 468 g/mol. The quantitative estimate of drug-likeness (QED) is 0.314. The fourth-order valence-corrected chi connectivity index (χ4v) is 4.99. The summed E-state index contributed by atoms with van der Waals surface area (Å²) in [4.78, 5) is 16.0. The van der Waals surface area contributed by atoms with E-state index < -0.39 is 0 Å². The highest BCUT2D eigenvalue weighted by Gasteiger charge is 2.28. The number of hydrogen-bond acceptors (Lipinski definition) is 7. The number of benzene rings is 1. The average molecular weight is 511 g/mol. The van der Waals surface area contributed by atoms with Gasteiger partial charge >= 0.3 is 0 Å². The number of para-hydroxylation sites is 1. The Morgan fingerprint density at radius 3 is 2.57 bits per heavy atom. The molecule has 0 radical (unpaired) electrons. The molecular formula is C28H42N6O3. The predicted octanol–water partition coefficient (Wildman–Crippen LogP) is 2.58. The first kappa shape index (κ1) is 28.3. The summed E-state index contributed by atoms with van der Waals surface area (Å²) in [6, 6.07) is 7.14. The minimum absolute atomic E-state index is 0.144. The molecule has 37 heavy (non-hydrogen) atoms. The van der Waals surface area contributed by atoms with Gasteiger partial charge in [-0.3, -0.25) is 4.79 Å². The number of nitrogens with zero attached hydrogens (tertiary/aromatic N) is 1. The van der Waals surface area contributed by atoms with Crippen molar-refractivity contribution in [2.45, 2.75) is 31.6 Å². The van der Waals surface area contributed by atoms with E-state index >= 15 is 0 Å². The van der Waals surface area contributed by atoms with Crippen molar-refractivity contribution in [2.75, 3.05) is 58.7 Å². The molecule has 9 nitrogen and oxygen atoms in total. The molecule has 3 heterocycles. The van der Waals surface area contributed by atoms with Gasteiger partial charge in [-0.25, -0.2) is 0 Å². The van der Waals surface area contributed by atoms with Crippen molar-refractivity contribution in [2.24, 2.45) is 5.73 Å². The van der Waals surface area contributed by atoms with Gasteiger partial charge in [0.2, 0.25) is 5.91 Å². The van der Waals surface area contributed by atoms with E-state index in [0.717, 1.165) is 64.3 Å². The number of nitrogen functional groups attached to an aromatic ring is 1. The minimum atomic E-state index is -0.144. The first-order valence-corrected chi connectivity index (χ1v) is 13.0. The van der Waals surface area contributed by atoms with Gasteiger partial charge in [-0.1, -0.05) is 25.6 Å². The van der Waals surface area contributed by atoms with E-state index in [-0.39, 0.29) is 11.7 Å². The van der Waals surface area contributed by atoms with E-state index in [0.29, 0.717) is 28.9 Å². The molecule has 0 aliphatic carbocycles. The number of carbonyl (C=O) groups is 1. The average Bonchev–Trinajstić information content (AvgIpc) is 3.25. The number of aromatic hydroxyl groups is 1. The maximum absolute atomic E-state index is 10.2. The number of piperazine rings is 1. The first-order chi connectivity index (χ1) is 17.8. The number of ether oxygens (including phenoxy) is 1. The van der Waals surface area contributed by atoms with Crippen molar-refractivity contribution in [3.05, 3.63) is 59.3 Å². The van der Waals surface area contributed by atoms with Crippen LogP contribution in [0.4, 0.5) is 5.82 Å². The Morgan fingerprint density at radius 2 is 1.97 bits per heavy atom. The standard InChI is InChI=1S/C24H35N5O2.C4H7NO/c1-16(15-29-10-8-27-9-11-29)22-19(14-20(25)18-4-2-3-5-21(18)30)24(26)28-23(22)17-6-12-31-13-7-17;1-3-4(6)5-2/h2-5,14,16-17,27-28,30H,6-13,15,25-26H2,1H3;3H,1H2,2H3,(H,5,6)/b20-14-;. The zero-order valence-corrected chi connectivity index (χ0v) is 22.1. The van der Waals surface area contributed by atoms with Crippen LogP contribution in [0.5, 0.6) is 5.75 Å². The van der Waals surface area contributed by atoms with Crippen LogP contribution in [0.2, 0.25) is 0 Å². The van der Waals surface area contributed by atoms with Crippen molar-refractivity contribution in [1.82, 2.24) is 20.5 Å². The van der Waals surface area contributed by atoms with E-state index in [2.05, 4.69) is 34.0 Å². The summed E-state index contributed by atoms with van der Waals surface area (Å²) in [6.45, 7) is 12.2. The van der Waals surface area contributed by atoms with Gasteiger partial charge < -0.3 is 41.8 Å². The highest BCUT2D eigenvalue weighted by molar-refractivity contribution is 5.87. The van der Waals surface area contributed by atoms with Crippen LogP contribution >= 0.6 is 0 Å². The highest BCUT2D eigenvalue weighted by Crippen LogP contribution is 2.39. The predicted molar refractivity (Wildman–Crippen MR) is 150 cm³/mol. The summed E-state index contributed by atoms with van der Waals surface area (Å²) < 4.78 is 5.60. The number of phenolic OH excluding ortho intramolecular Hbond substituents is 1. The summed E-state index contributed by atoms with van der Waals surface area (Å²) in [6.07, 6.45) is 5.13. The number of hydrogen-bond donors (Lipinski definition) is 6. The van der Waals surface area contributed by atoms with Gasteiger partial charge in [0.25, 0.3) is 0 Å². The van der Waals surface area contributed by atoms with Crippen molar-refractivity contribution in [3.63, 3.8) is 0 Å². The lowest BCUT2D eigenvalue weighted by atomic mass is 9.87. The molecule has 1 atom stereocenters. The smallest absolute Gasteiger partial charge is 0.243 e. The van der Waals surface area contributed by atoms with Gasteiger partial charge in [0.15, 0.2) is 0 Å². The number of anilines is 1. The van der Waals surface area contributed by atoms with Crippen molar-refractivity contribution in [1.29, 1.82) is 0 Å². The summed E-state index contributed by atoms with van der Waals surface area (Å²) in [5.74, 6) is 1.38. The normalized spacial score (nSPS) is 17.9. The lowest BCUT2D eigenvalue weighted by Crippen LogP contribution is -2.44. The van der Waals surface area contributed by atoms with Crippen LogP contribution in [0, 0.1) is 0 Å². The molecule has 2 aliphatic heterocycles. The van der Waals surface area contributed by atoms with Crippen LogP contribution < -0.4 is 22.1 Å². The van der Waals surface area contributed by atoms with E-state index in [1.165, 1.54) is 17.3 Å². The number of rotatable bonds is 7. The zero-order valence-electron chi connectivity index (χ0n) is 22.1. The Kier molecular flexibility index (Phi) is 10.6. The maximum Gasteiger partial charge on any atom is 0.243 e. The fraction of sp³-hybridized carbons (Fsp3) is 0.464. The minimum Gasteiger partial charge on any atom is -0.507 e. The van der Waals surface area contributed by atoms with Gasteiger partial charge in [0.05, 0.1) is 0 Å². The summed E-state index contributed by atoms with van der Waals surface area (Å²) >= 11 is 0. The highest BCUT2D eigenvalue weighted by atomic mass is 16.5. The molecule has 4 rings (SSSR count). The molecule has 202 valence electrons. The van der Waals surface area contributed by atoms with Crippen molar-refractivity contribution < 1.29 is 14.6 Å². The molecule has 2 aliphatic rings. The van der Waals surface area contributed by atoms with Gasteiger partial charge in [0, 0.05) is 81.4 Å². The Labute approximate surface area is 219 Å². The van der Waals surface area contributed by atoms with Gasteiger partial charge in [-0.2, -0.15) is 0 Å². The van der Waals surface area contributed by atoms with Crippen LogP contribution in [0.3, 0.4) is 0 Å². The molecule has 8 N–H and O–H groups in total. The van der Waals surface area contributed by atoms with Crippen LogP contribution in [-0.2, 0) is 9.53 Å². The monoisotopic (exact) mass is 510 g/mol. The molecule has 1 amide bonds. The second kappa shape index (κ2) is 13.9. The molecule has 1 aromatic heterocycles. The summed E-state index contributed by atoms with van der Waals surface area (Å²) in [5, 5.41) is 16.0. The lowest BCUT2D eigenvalue weighted by molar-refractivity contribution is -0.116. The third-order valence-corrected chi connectivity index (χ3v) is 6.95. The number of aromatic nitrogens is 1. The topological polar surface area (TPSA) is 142 Å². The second-order valence-corrected chi connectivity index (χ2v) is 9.55. The molecule has 9 heteroatoms. The number of carbonyl (C=O) groups excluding carboxylic acids is 1. The van der Waals surface area contributed by atoms with Crippen LogP contribution in [0.15, 0.2) is 36.9 Å². The molecule has 1 unspecified atom stereocenters. The molecule has 2 fully saturated rings. The molecule has 0 spiro atoms. The van der Waals surface area contributed by atoms with E-state index in [1.807, 2.05) is 18.2 Å². The lowest BCUT2D eigenvalue weighted by Gasteiger charge is -2.31. The third kappa shape index (κ3) is 7.61. The largest absolute Gasteiger partial charge is 0.507 e. The molecule has 0 bridgehead atoms. The van der Waals surface area contributed by atoms with Crippen molar-refractivity contribution >= 4 is 23.5 Å². The molecule has 2 saturated heterocycles. The Bertz CT molecular complexity index is 1070. The number of likely N-dealkylation sites (N-methyl/N-ethyl adjacent to an activating group) is 1. The van der Waals surface area contributed by atoms with Gasteiger partial charge in [-0.05, 0) is 48.6 Å². The van der Waals surface area contributed by atoms with Crippen LogP contribution in [0.1, 0.15) is 54.0 Å². The van der Waals surface area contributed by atoms with E-state index in [4.69, 9.17) is 16.2 Å². The van der Waals surface area contributed by atoms with Crippen LogP contribution in [0.25, 0.3) is 11.8 Å². The Hall–Kier alpha value is -3.27. The van der Waals surface area contributed by atoms with Gasteiger partial charge in [-0.15, -0.1) is 0 Å². The number of nitrogens with two attached hydrogens (primary N) is 2. The number of amides is 1. The van der Waals surface area contributed by atoms with Crippen molar-refractivity contribution in [3.8, 4) is 5.75 Å². The SMILES string of the molecule is C=CC(=O)NC.CC(CN1CCNCC1)c1c(C2CCOCC2)[nH]c(N)c1/C=C(\N)c1ccccc1O. The van der Waals surface area contributed by atoms with E-state index in [9.17, 15) is 9.90 Å². The summed E-state index contributed by atoms with van der Waals surface area (Å²) in [5.41, 5.74) is 17.5. The molecule has 0 saturated carbocycles. The number of aromatic amines is 1. The molecule has 2 aromatic rings.